The average molecular weight is 303 g/mol. The maximum Gasteiger partial charge on any atom is 0.416 e. The van der Waals surface area contributed by atoms with Gasteiger partial charge in [-0.25, -0.2) is 0 Å². The summed E-state index contributed by atoms with van der Waals surface area (Å²) < 4.78 is 37.3. The molecule has 0 radical (unpaired) electrons. The number of halogens is 3. The standard InChI is InChI=1S/C14H20F3N3O/c1-2-18-13(20-9-10-21)19-8-7-11-3-5-12(6-4-11)14(15,16)17/h3-6,21H,2,7-10H2,1H3,(H2,18,19,20). The van der Waals surface area contributed by atoms with Crippen LogP contribution in [0.15, 0.2) is 29.3 Å². The van der Waals surface area contributed by atoms with Gasteiger partial charge in [0.05, 0.1) is 18.7 Å². The summed E-state index contributed by atoms with van der Waals surface area (Å²) in [6.07, 6.45) is -3.71. The number of rotatable bonds is 6. The van der Waals surface area contributed by atoms with Gasteiger partial charge in [0.1, 0.15) is 0 Å². The Morgan fingerprint density at radius 1 is 1.19 bits per heavy atom. The van der Waals surface area contributed by atoms with Crippen molar-refractivity contribution < 1.29 is 18.3 Å². The Bertz CT molecular complexity index is 444. The maximum atomic E-state index is 12.4. The number of hydrogen-bond acceptors (Lipinski definition) is 2. The Kier molecular flexibility index (Phi) is 7.01. The Morgan fingerprint density at radius 3 is 2.38 bits per heavy atom. The van der Waals surface area contributed by atoms with Crippen LogP contribution in [0.25, 0.3) is 0 Å². The number of aliphatic hydroxyl groups is 1. The molecular formula is C14H20F3N3O. The van der Waals surface area contributed by atoms with E-state index in [1.807, 2.05) is 6.92 Å². The molecule has 118 valence electrons. The van der Waals surface area contributed by atoms with Gasteiger partial charge in [-0.05, 0) is 31.0 Å². The molecule has 0 aromatic heterocycles. The predicted octanol–water partition coefficient (Wildman–Crippen LogP) is 1.80. The smallest absolute Gasteiger partial charge is 0.394 e. The van der Waals surface area contributed by atoms with E-state index >= 15 is 0 Å². The minimum Gasteiger partial charge on any atom is -0.394 e. The van der Waals surface area contributed by atoms with Crippen LogP contribution in [0.4, 0.5) is 13.2 Å². The zero-order chi connectivity index (χ0) is 15.7. The van der Waals surface area contributed by atoms with Crippen molar-refractivity contribution in [2.24, 2.45) is 4.99 Å². The number of guanidine groups is 1. The molecule has 3 N–H and O–H groups in total. The number of alkyl halides is 3. The zero-order valence-corrected chi connectivity index (χ0v) is 11.9. The highest BCUT2D eigenvalue weighted by atomic mass is 19.4. The van der Waals surface area contributed by atoms with E-state index in [1.54, 1.807) is 0 Å². The fraction of sp³-hybridized carbons (Fsp3) is 0.500. The first-order valence-electron chi connectivity index (χ1n) is 6.76. The summed E-state index contributed by atoms with van der Waals surface area (Å²) in [5.74, 6) is 0.582. The van der Waals surface area contributed by atoms with Crippen molar-refractivity contribution in [3.63, 3.8) is 0 Å². The van der Waals surface area contributed by atoms with Crippen molar-refractivity contribution in [2.75, 3.05) is 26.2 Å². The lowest BCUT2D eigenvalue weighted by Crippen LogP contribution is -2.38. The minimum atomic E-state index is -4.30. The van der Waals surface area contributed by atoms with Crippen LogP contribution in [0.5, 0.6) is 0 Å². The molecule has 0 fully saturated rings. The first-order valence-corrected chi connectivity index (χ1v) is 6.76. The summed E-state index contributed by atoms with van der Waals surface area (Å²) >= 11 is 0. The van der Waals surface area contributed by atoms with Gasteiger partial charge in [0.15, 0.2) is 5.96 Å². The van der Waals surface area contributed by atoms with Crippen molar-refractivity contribution in [3.8, 4) is 0 Å². The topological polar surface area (TPSA) is 56.7 Å². The van der Waals surface area contributed by atoms with E-state index in [0.717, 1.165) is 17.7 Å². The van der Waals surface area contributed by atoms with Gasteiger partial charge in [0, 0.05) is 13.1 Å². The highest BCUT2D eigenvalue weighted by molar-refractivity contribution is 5.79. The van der Waals surface area contributed by atoms with Crippen LogP contribution >= 0.6 is 0 Å². The summed E-state index contributed by atoms with van der Waals surface area (Å²) in [6, 6.07) is 5.12. The third kappa shape index (κ3) is 6.48. The van der Waals surface area contributed by atoms with E-state index < -0.39 is 11.7 Å². The van der Waals surface area contributed by atoms with Crippen molar-refractivity contribution in [1.29, 1.82) is 0 Å². The summed E-state index contributed by atoms with van der Waals surface area (Å²) in [7, 11) is 0. The second-order valence-electron chi connectivity index (χ2n) is 4.36. The molecule has 0 unspecified atom stereocenters. The molecule has 0 aliphatic carbocycles. The first-order chi connectivity index (χ1) is 9.97. The number of aliphatic imine (C=N–C) groups is 1. The van der Waals surface area contributed by atoms with Gasteiger partial charge >= 0.3 is 6.18 Å². The molecule has 1 aromatic carbocycles. The van der Waals surface area contributed by atoms with Gasteiger partial charge in [0.2, 0.25) is 0 Å². The van der Waals surface area contributed by atoms with Crippen molar-refractivity contribution in [2.45, 2.75) is 19.5 Å². The van der Waals surface area contributed by atoms with Gasteiger partial charge in [-0.3, -0.25) is 4.99 Å². The lowest BCUT2D eigenvalue weighted by molar-refractivity contribution is -0.137. The van der Waals surface area contributed by atoms with Crippen LogP contribution in [-0.4, -0.2) is 37.3 Å². The molecule has 0 aliphatic rings. The van der Waals surface area contributed by atoms with E-state index in [2.05, 4.69) is 15.6 Å². The second kappa shape index (κ2) is 8.51. The Balaban J connectivity index is 2.47. The van der Waals surface area contributed by atoms with E-state index in [1.165, 1.54) is 12.1 Å². The molecule has 0 atom stereocenters. The van der Waals surface area contributed by atoms with E-state index in [-0.39, 0.29) is 6.61 Å². The molecule has 4 nitrogen and oxygen atoms in total. The second-order valence-corrected chi connectivity index (χ2v) is 4.36. The highest BCUT2D eigenvalue weighted by Gasteiger charge is 2.29. The summed E-state index contributed by atoms with van der Waals surface area (Å²) in [6.45, 7) is 3.43. The van der Waals surface area contributed by atoms with E-state index in [9.17, 15) is 13.2 Å². The molecule has 0 amide bonds. The van der Waals surface area contributed by atoms with Gasteiger partial charge in [0.25, 0.3) is 0 Å². The van der Waals surface area contributed by atoms with Gasteiger partial charge in [-0.2, -0.15) is 13.2 Å². The third-order valence-electron chi connectivity index (χ3n) is 2.70. The number of hydrogen-bond donors (Lipinski definition) is 3. The lowest BCUT2D eigenvalue weighted by atomic mass is 10.1. The highest BCUT2D eigenvalue weighted by Crippen LogP contribution is 2.29. The van der Waals surface area contributed by atoms with E-state index in [0.29, 0.717) is 32.0 Å². The fourth-order valence-corrected chi connectivity index (χ4v) is 1.69. The Morgan fingerprint density at radius 2 is 1.86 bits per heavy atom. The van der Waals surface area contributed by atoms with Crippen molar-refractivity contribution in [1.82, 2.24) is 10.6 Å². The molecule has 0 heterocycles. The molecule has 0 spiro atoms. The quantitative estimate of drug-likeness (QED) is 0.555. The normalized spacial score (nSPS) is 12.3. The first kappa shape index (κ1) is 17.3. The van der Waals surface area contributed by atoms with Crippen LogP contribution in [0.3, 0.4) is 0 Å². The SMILES string of the molecule is CCNC(=NCCO)NCCc1ccc(C(F)(F)F)cc1. The van der Waals surface area contributed by atoms with Crippen LogP contribution < -0.4 is 10.6 Å². The van der Waals surface area contributed by atoms with Crippen molar-refractivity contribution >= 4 is 5.96 Å². The third-order valence-corrected chi connectivity index (χ3v) is 2.70. The summed E-state index contributed by atoms with van der Waals surface area (Å²) in [5.41, 5.74) is 0.172. The molecule has 0 saturated carbocycles. The molecule has 0 saturated heterocycles. The van der Waals surface area contributed by atoms with Crippen LogP contribution in [0, 0.1) is 0 Å². The largest absolute Gasteiger partial charge is 0.416 e. The van der Waals surface area contributed by atoms with Crippen LogP contribution in [-0.2, 0) is 12.6 Å². The van der Waals surface area contributed by atoms with Crippen LogP contribution in [0.1, 0.15) is 18.1 Å². The van der Waals surface area contributed by atoms with E-state index in [4.69, 9.17) is 5.11 Å². The maximum absolute atomic E-state index is 12.4. The van der Waals surface area contributed by atoms with Crippen molar-refractivity contribution in [3.05, 3.63) is 35.4 Å². The molecule has 7 heteroatoms. The minimum absolute atomic E-state index is 0.0323. The molecule has 1 aromatic rings. The monoisotopic (exact) mass is 303 g/mol. The number of benzene rings is 1. The number of nitrogens with one attached hydrogen (secondary N) is 2. The molecule has 1 rings (SSSR count). The number of aliphatic hydroxyl groups excluding tert-OH is 1. The van der Waals surface area contributed by atoms with Gasteiger partial charge in [-0.1, -0.05) is 12.1 Å². The predicted molar refractivity (Wildman–Crippen MR) is 76.2 cm³/mol. The molecular weight excluding hydrogens is 283 g/mol. The molecule has 21 heavy (non-hydrogen) atoms. The molecule has 0 bridgehead atoms. The Labute approximate surface area is 122 Å². The fourth-order valence-electron chi connectivity index (χ4n) is 1.69. The van der Waals surface area contributed by atoms with Gasteiger partial charge in [-0.15, -0.1) is 0 Å². The van der Waals surface area contributed by atoms with Gasteiger partial charge < -0.3 is 15.7 Å². The lowest BCUT2D eigenvalue weighted by Gasteiger charge is -2.11. The molecule has 0 aliphatic heterocycles. The summed E-state index contributed by atoms with van der Waals surface area (Å²) in [5, 5.41) is 14.8. The number of nitrogens with zero attached hydrogens (tertiary/aromatic N) is 1. The Hall–Kier alpha value is -1.76. The zero-order valence-electron chi connectivity index (χ0n) is 11.9. The van der Waals surface area contributed by atoms with Crippen LogP contribution in [0.2, 0.25) is 0 Å². The average Bonchev–Trinajstić information content (AvgIpc) is 2.44. The summed E-state index contributed by atoms with van der Waals surface area (Å²) in [4.78, 5) is 4.11.